The van der Waals surface area contributed by atoms with Crippen molar-refractivity contribution in [3.05, 3.63) is 29.8 Å². The number of carbonyl (C=O) groups is 1. The molecule has 1 aliphatic carbocycles. The van der Waals surface area contributed by atoms with Crippen LogP contribution in [0.1, 0.15) is 44.6 Å². The van der Waals surface area contributed by atoms with E-state index in [1.165, 1.54) is 10.5 Å². The minimum Gasteiger partial charge on any atom is -0.300 e. The largest absolute Gasteiger partial charge is 0.300 e. The number of rotatable bonds is 3. The standard InChI is InChI=1S/C14H18OS/c1-10(2)11-3-6-13(7-4-11)16-14-8-5-12(15)9-14/h3-4,6-7,10,14H,5,8-9H2,1-2H3. The van der Waals surface area contributed by atoms with Gasteiger partial charge in [-0.05, 0) is 30.0 Å². The predicted octanol–water partition coefficient (Wildman–Crippen LogP) is 4.02. The van der Waals surface area contributed by atoms with Crippen molar-refractivity contribution in [2.45, 2.75) is 49.2 Å². The van der Waals surface area contributed by atoms with Crippen LogP contribution < -0.4 is 0 Å². The molecule has 1 saturated carbocycles. The van der Waals surface area contributed by atoms with Crippen molar-refractivity contribution in [1.82, 2.24) is 0 Å². The minimum atomic E-state index is 0.427. The fourth-order valence-electron chi connectivity index (χ4n) is 2.00. The highest BCUT2D eigenvalue weighted by atomic mass is 32.2. The molecule has 1 aliphatic rings. The fourth-order valence-corrected chi connectivity index (χ4v) is 3.19. The first-order chi connectivity index (χ1) is 7.65. The van der Waals surface area contributed by atoms with E-state index in [4.69, 9.17) is 0 Å². The average molecular weight is 234 g/mol. The van der Waals surface area contributed by atoms with E-state index in [1.807, 2.05) is 11.8 Å². The zero-order chi connectivity index (χ0) is 11.5. The molecule has 1 nitrogen and oxygen atoms in total. The summed E-state index contributed by atoms with van der Waals surface area (Å²) in [5.74, 6) is 1.02. The van der Waals surface area contributed by atoms with Crippen LogP contribution >= 0.6 is 11.8 Å². The van der Waals surface area contributed by atoms with Gasteiger partial charge in [-0.25, -0.2) is 0 Å². The molecular formula is C14H18OS. The first-order valence-corrected chi connectivity index (χ1v) is 6.81. The zero-order valence-electron chi connectivity index (χ0n) is 9.90. The molecule has 0 aliphatic heterocycles. The quantitative estimate of drug-likeness (QED) is 0.785. The Kier molecular flexibility index (Phi) is 3.70. The van der Waals surface area contributed by atoms with Gasteiger partial charge in [0.25, 0.3) is 0 Å². The molecule has 86 valence electrons. The normalized spacial score (nSPS) is 20.7. The molecule has 0 bridgehead atoms. The van der Waals surface area contributed by atoms with Gasteiger partial charge in [0, 0.05) is 23.0 Å². The van der Waals surface area contributed by atoms with E-state index >= 15 is 0 Å². The van der Waals surface area contributed by atoms with Crippen LogP contribution in [0.25, 0.3) is 0 Å². The molecule has 0 heterocycles. The first kappa shape index (κ1) is 11.7. The van der Waals surface area contributed by atoms with Gasteiger partial charge in [0.05, 0.1) is 0 Å². The summed E-state index contributed by atoms with van der Waals surface area (Å²) in [6.07, 6.45) is 2.59. The molecule has 0 N–H and O–H groups in total. The summed E-state index contributed by atoms with van der Waals surface area (Å²) in [7, 11) is 0. The van der Waals surface area contributed by atoms with Crippen LogP contribution in [0, 0.1) is 0 Å². The molecule has 1 aromatic rings. The summed E-state index contributed by atoms with van der Waals surface area (Å²) < 4.78 is 0. The second-order valence-corrected chi connectivity index (χ2v) is 6.12. The number of ketones is 1. The molecule has 0 amide bonds. The average Bonchev–Trinajstić information content (AvgIpc) is 2.65. The van der Waals surface area contributed by atoms with Crippen LogP contribution in [0.5, 0.6) is 0 Å². The van der Waals surface area contributed by atoms with E-state index in [1.54, 1.807) is 0 Å². The van der Waals surface area contributed by atoms with Gasteiger partial charge in [0.2, 0.25) is 0 Å². The van der Waals surface area contributed by atoms with Crippen LogP contribution in [0.4, 0.5) is 0 Å². The van der Waals surface area contributed by atoms with Gasteiger partial charge in [0.1, 0.15) is 5.78 Å². The summed E-state index contributed by atoms with van der Waals surface area (Å²) in [6, 6.07) is 8.76. The van der Waals surface area contributed by atoms with Crippen molar-refractivity contribution in [2.75, 3.05) is 0 Å². The van der Waals surface area contributed by atoms with Crippen LogP contribution in [-0.4, -0.2) is 11.0 Å². The Morgan fingerprint density at radius 2 is 1.94 bits per heavy atom. The van der Waals surface area contributed by atoms with Crippen molar-refractivity contribution in [1.29, 1.82) is 0 Å². The zero-order valence-corrected chi connectivity index (χ0v) is 10.7. The van der Waals surface area contributed by atoms with Gasteiger partial charge in [-0.15, -0.1) is 11.8 Å². The highest BCUT2D eigenvalue weighted by molar-refractivity contribution is 8.00. The molecule has 0 radical (unpaired) electrons. The van der Waals surface area contributed by atoms with Gasteiger partial charge >= 0.3 is 0 Å². The van der Waals surface area contributed by atoms with E-state index in [2.05, 4.69) is 38.1 Å². The molecular weight excluding hydrogens is 216 g/mol. The van der Waals surface area contributed by atoms with E-state index in [-0.39, 0.29) is 0 Å². The van der Waals surface area contributed by atoms with E-state index in [9.17, 15) is 4.79 Å². The highest BCUT2D eigenvalue weighted by Crippen LogP contribution is 2.33. The number of benzene rings is 1. The Labute approximate surface area is 102 Å². The van der Waals surface area contributed by atoms with Gasteiger partial charge in [-0.3, -0.25) is 4.79 Å². The summed E-state index contributed by atoms with van der Waals surface area (Å²) in [5.41, 5.74) is 1.38. The SMILES string of the molecule is CC(C)c1ccc(SC2CCC(=O)C2)cc1. The molecule has 1 atom stereocenters. The fraction of sp³-hybridized carbons (Fsp3) is 0.500. The lowest BCUT2D eigenvalue weighted by Crippen LogP contribution is -1.96. The highest BCUT2D eigenvalue weighted by Gasteiger charge is 2.22. The molecule has 1 aromatic carbocycles. The van der Waals surface area contributed by atoms with E-state index in [0.717, 1.165) is 19.3 Å². The maximum absolute atomic E-state index is 11.2. The van der Waals surface area contributed by atoms with Crippen LogP contribution in [0.3, 0.4) is 0 Å². The van der Waals surface area contributed by atoms with Crippen LogP contribution in [-0.2, 0) is 4.79 Å². The lowest BCUT2D eigenvalue weighted by atomic mass is 10.0. The number of thioether (sulfide) groups is 1. The molecule has 0 saturated heterocycles. The third kappa shape index (κ3) is 2.88. The lowest BCUT2D eigenvalue weighted by molar-refractivity contribution is -0.117. The van der Waals surface area contributed by atoms with E-state index in [0.29, 0.717) is 17.0 Å². The Hall–Kier alpha value is -0.760. The van der Waals surface area contributed by atoms with Crippen molar-refractivity contribution in [2.24, 2.45) is 0 Å². The first-order valence-electron chi connectivity index (χ1n) is 5.93. The third-order valence-corrected chi connectivity index (χ3v) is 4.33. The van der Waals surface area contributed by atoms with Crippen molar-refractivity contribution in [3.8, 4) is 0 Å². The van der Waals surface area contributed by atoms with Gasteiger partial charge in [-0.2, -0.15) is 0 Å². The van der Waals surface area contributed by atoms with Crippen molar-refractivity contribution < 1.29 is 4.79 Å². The number of hydrogen-bond acceptors (Lipinski definition) is 2. The molecule has 1 fully saturated rings. The summed E-state index contributed by atoms with van der Waals surface area (Å²) >= 11 is 1.85. The van der Waals surface area contributed by atoms with Crippen LogP contribution in [0.2, 0.25) is 0 Å². The molecule has 1 unspecified atom stereocenters. The molecule has 0 aromatic heterocycles. The van der Waals surface area contributed by atoms with Gasteiger partial charge < -0.3 is 0 Å². The van der Waals surface area contributed by atoms with E-state index < -0.39 is 0 Å². The van der Waals surface area contributed by atoms with Gasteiger partial charge in [0.15, 0.2) is 0 Å². The summed E-state index contributed by atoms with van der Waals surface area (Å²) in [4.78, 5) is 12.5. The van der Waals surface area contributed by atoms with Gasteiger partial charge in [-0.1, -0.05) is 26.0 Å². The molecule has 2 heteroatoms. The lowest BCUT2D eigenvalue weighted by Gasteiger charge is -2.09. The van der Waals surface area contributed by atoms with Crippen molar-refractivity contribution in [3.63, 3.8) is 0 Å². The van der Waals surface area contributed by atoms with Crippen molar-refractivity contribution >= 4 is 17.5 Å². The monoisotopic (exact) mass is 234 g/mol. The van der Waals surface area contributed by atoms with Crippen LogP contribution in [0.15, 0.2) is 29.2 Å². The minimum absolute atomic E-state index is 0.427. The number of Topliss-reactive ketones (excluding diaryl/α,β-unsaturated/α-hetero) is 1. The number of carbonyl (C=O) groups excluding carboxylic acids is 1. The Bertz CT molecular complexity index is 367. The Balaban J connectivity index is 1.97. The number of hydrogen-bond donors (Lipinski definition) is 0. The Morgan fingerprint density at radius 1 is 1.25 bits per heavy atom. The second kappa shape index (κ2) is 5.05. The maximum Gasteiger partial charge on any atom is 0.134 e. The summed E-state index contributed by atoms with van der Waals surface area (Å²) in [5, 5.41) is 0.511. The second-order valence-electron chi connectivity index (χ2n) is 4.75. The summed E-state index contributed by atoms with van der Waals surface area (Å²) in [6.45, 7) is 4.41. The third-order valence-electron chi connectivity index (χ3n) is 3.05. The maximum atomic E-state index is 11.2. The Morgan fingerprint density at radius 3 is 2.44 bits per heavy atom. The topological polar surface area (TPSA) is 17.1 Å². The predicted molar refractivity (Wildman–Crippen MR) is 69.0 cm³/mol. The molecule has 16 heavy (non-hydrogen) atoms. The molecule has 0 spiro atoms. The molecule has 2 rings (SSSR count). The smallest absolute Gasteiger partial charge is 0.134 e.